The quantitative estimate of drug-likeness (QED) is 0.203. The smallest absolute Gasteiger partial charge is 0.250 e. The molecule has 0 aliphatic rings. The number of nitrogens with zero attached hydrogens (tertiary/aromatic N) is 4. The Balaban J connectivity index is 1.65. The van der Waals surface area contributed by atoms with Crippen LogP contribution in [-0.4, -0.2) is 39.7 Å². The van der Waals surface area contributed by atoms with E-state index in [1.807, 2.05) is 0 Å². The van der Waals surface area contributed by atoms with Crippen molar-refractivity contribution in [2.24, 2.45) is 0 Å². The molecule has 1 amide bonds. The summed E-state index contributed by atoms with van der Waals surface area (Å²) in [5, 5.41) is 10.7. The number of benzene rings is 2. The fourth-order valence-corrected chi connectivity index (χ4v) is 4.81. The lowest BCUT2D eigenvalue weighted by atomic mass is 10.0. The number of rotatable bonds is 7. The van der Waals surface area contributed by atoms with Crippen LogP contribution in [0.25, 0.3) is 27.7 Å². The summed E-state index contributed by atoms with van der Waals surface area (Å²) in [5.74, 6) is -1.50. The van der Waals surface area contributed by atoms with Gasteiger partial charge in [-0.25, -0.2) is 23.3 Å². The number of ether oxygens (including phenoxy) is 2. The van der Waals surface area contributed by atoms with Crippen LogP contribution in [0.2, 0.25) is 10.0 Å². The Kier molecular flexibility index (Phi) is 7.17. The summed E-state index contributed by atoms with van der Waals surface area (Å²) in [6.07, 6.45) is 2.88. The van der Waals surface area contributed by atoms with E-state index in [4.69, 9.17) is 32.7 Å². The average Bonchev–Trinajstić information content (AvgIpc) is 3.41. The molecule has 0 aliphatic heterocycles. The van der Waals surface area contributed by atoms with E-state index in [0.29, 0.717) is 45.2 Å². The van der Waals surface area contributed by atoms with Gasteiger partial charge in [-0.05, 0) is 19.1 Å². The molecule has 5 aromatic rings. The van der Waals surface area contributed by atoms with Crippen molar-refractivity contribution in [3.8, 4) is 22.6 Å². The molecule has 0 unspecified atom stereocenters. The van der Waals surface area contributed by atoms with E-state index in [1.54, 1.807) is 22.7 Å². The third-order valence-corrected chi connectivity index (χ3v) is 6.77. The number of carbonyl (C=O) groups excluding carboxylic acids is 1. The van der Waals surface area contributed by atoms with E-state index in [1.165, 1.54) is 33.7 Å². The van der Waals surface area contributed by atoms with Gasteiger partial charge < -0.3 is 20.1 Å². The minimum Gasteiger partial charge on any atom is -0.495 e. The lowest BCUT2D eigenvalue weighted by Gasteiger charge is -2.16. The lowest BCUT2D eigenvalue weighted by Crippen LogP contribution is -2.14. The van der Waals surface area contributed by atoms with Gasteiger partial charge in [-0.3, -0.25) is 4.79 Å². The summed E-state index contributed by atoms with van der Waals surface area (Å²) < 4.78 is 41.1. The molecule has 13 heteroatoms. The Morgan fingerprint density at radius 2 is 1.73 bits per heavy atom. The Morgan fingerprint density at radius 1 is 1.02 bits per heavy atom. The molecule has 0 atom stereocenters. The number of methoxy groups -OCH3 is 2. The second-order valence-electron chi connectivity index (χ2n) is 8.64. The van der Waals surface area contributed by atoms with Crippen LogP contribution in [0.15, 0.2) is 55.0 Å². The minimum absolute atomic E-state index is 0.120. The molecule has 204 valence electrons. The predicted octanol–water partition coefficient (Wildman–Crippen LogP) is 6.80. The zero-order valence-electron chi connectivity index (χ0n) is 21.3. The zero-order chi connectivity index (χ0) is 28.7. The molecule has 0 spiro atoms. The van der Waals surface area contributed by atoms with Crippen LogP contribution in [0.1, 0.15) is 6.92 Å². The van der Waals surface area contributed by atoms with Crippen molar-refractivity contribution in [1.82, 2.24) is 19.6 Å². The highest BCUT2D eigenvalue weighted by Gasteiger charge is 2.23. The first-order chi connectivity index (χ1) is 19.1. The molecule has 2 aromatic carbocycles. The zero-order valence-corrected chi connectivity index (χ0v) is 22.8. The number of pyridine rings is 2. The molecule has 2 N–H and O–H groups in total. The number of nitrogens with one attached hydrogen (secondary N) is 2. The normalized spacial score (nSPS) is 11.1. The molecule has 5 rings (SSSR count). The first-order valence-corrected chi connectivity index (χ1v) is 12.3. The molecule has 0 aliphatic carbocycles. The van der Waals surface area contributed by atoms with Crippen molar-refractivity contribution < 1.29 is 23.0 Å². The Morgan fingerprint density at radius 3 is 2.38 bits per heavy atom. The number of halogens is 4. The van der Waals surface area contributed by atoms with Crippen molar-refractivity contribution in [3.63, 3.8) is 0 Å². The second kappa shape index (κ2) is 10.6. The van der Waals surface area contributed by atoms with Crippen LogP contribution in [0.3, 0.4) is 0 Å². The maximum absolute atomic E-state index is 14.8. The van der Waals surface area contributed by atoms with Crippen LogP contribution in [-0.2, 0) is 4.79 Å². The van der Waals surface area contributed by atoms with Gasteiger partial charge in [0.2, 0.25) is 0 Å². The van der Waals surface area contributed by atoms with Crippen LogP contribution in [0.4, 0.5) is 26.0 Å². The van der Waals surface area contributed by atoms with Gasteiger partial charge in [0.1, 0.15) is 35.1 Å². The van der Waals surface area contributed by atoms with E-state index >= 15 is 0 Å². The summed E-state index contributed by atoms with van der Waals surface area (Å²) in [6, 6.07) is 6.64. The lowest BCUT2D eigenvalue weighted by molar-refractivity contribution is -0.112. The van der Waals surface area contributed by atoms with Gasteiger partial charge in [-0.2, -0.15) is 5.10 Å². The fourth-order valence-electron chi connectivity index (χ4n) is 4.10. The van der Waals surface area contributed by atoms with E-state index in [9.17, 15) is 13.6 Å². The van der Waals surface area contributed by atoms with Gasteiger partial charge in [0.25, 0.3) is 5.91 Å². The summed E-state index contributed by atoms with van der Waals surface area (Å²) in [7, 11) is 2.95. The van der Waals surface area contributed by atoms with Gasteiger partial charge >= 0.3 is 0 Å². The van der Waals surface area contributed by atoms with E-state index in [0.717, 1.165) is 6.07 Å². The Labute approximate surface area is 236 Å². The number of fused-ring (bicyclic) bond motifs is 3. The summed E-state index contributed by atoms with van der Waals surface area (Å²) in [5.41, 5.74) is 1.78. The standard InChI is InChI=1S/C27H20Cl2F2N6O3/c1-12(2)27(38)35-17-7-14(30)6-16(31)25(17)36-21-8-18-13(10-32-21)5-15(26-33-11-34-37(18)26)22-23(28)19(39-3)9-20(40-4)24(22)29/h5-11H,1H2,2-4H3,(H,32,36)(H,35,38). The number of amides is 1. The number of anilines is 3. The van der Waals surface area contributed by atoms with E-state index < -0.39 is 17.5 Å². The fraction of sp³-hybridized carbons (Fsp3) is 0.111. The monoisotopic (exact) mass is 584 g/mol. The molecule has 0 saturated heterocycles. The molecular formula is C27H20Cl2F2N6O3. The third kappa shape index (κ3) is 4.74. The highest BCUT2D eigenvalue weighted by molar-refractivity contribution is 6.41. The first kappa shape index (κ1) is 27.1. The van der Waals surface area contributed by atoms with E-state index in [2.05, 4.69) is 32.3 Å². The topological polar surface area (TPSA) is 103 Å². The molecule has 0 bridgehead atoms. The van der Waals surface area contributed by atoms with Crippen molar-refractivity contribution in [2.45, 2.75) is 6.92 Å². The minimum atomic E-state index is -0.934. The number of hydrogen-bond donors (Lipinski definition) is 2. The van der Waals surface area contributed by atoms with Gasteiger partial charge in [0.05, 0.1) is 35.5 Å². The number of carbonyl (C=O) groups is 1. The SMILES string of the molecule is C=C(C)C(=O)Nc1cc(F)cc(F)c1Nc1cc2c(cn1)cc(-c1c(Cl)c(OC)cc(OC)c1Cl)c1ncnn12. The largest absolute Gasteiger partial charge is 0.495 e. The Hall–Kier alpha value is -4.48. The molecule has 3 aromatic heterocycles. The molecular weight excluding hydrogens is 565 g/mol. The molecule has 0 radical (unpaired) electrons. The van der Waals surface area contributed by atoms with Gasteiger partial charge in [-0.1, -0.05) is 29.8 Å². The highest BCUT2D eigenvalue weighted by Crippen LogP contribution is 2.47. The van der Waals surface area contributed by atoms with Gasteiger partial charge in [-0.15, -0.1) is 0 Å². The summed E-state index contributed by atoms with van der Waals surface area (Å²) >= 11 is 13.3. The van der Waals surface area contributed by atoms with Crippen LogP contribution >= 0.6 is 23.2 Å². The van der Waals surface area contributed by atoms with Crippen LogP contribution < -0.4 is 20.1 Å². The maximum atomic E-state index is 14.8. The molecule has 40 heavy (non-hydrogen) atoms. The highest BCUT2D eigenvalue weighted by atomic mass is 35.5. The molecule has 3 heterocycles. The average molecular weight is 585 g/mol. The molecule has 0 fully saturated rings. The molecule has 0 saturated carbocycles. The van der Waals surface area contributed by atoms with E-state index in [-0.39, 0.29) is 32.8 Å². The van der Waals surface area contributed by atoms with Gasteiger partial charge in [0, 0.05) is 46.5 Å². The third-order valence-electron chi connectivity index (χ3n) is 6.02. The predicted molar refractivity (Wildman–Crippen MR) is 150 cm³/mol. The van der Waals surface area contributed by atoms with Crippen molar-refractivity contribution in [1.29, 1.82) is 0 Å². The summed E-state index contributed by atoms with van der Waals surface area (Å²) in [6.45, 7) is 5.02. The van der Waals surface area contributed by atoms with Crippen molar-refractivity contribution >= 4 is 62.9 Å². The summed E-state index contributed by atoms with van der Waals surface area (Å²) in [4.78, 5) is 20.9. The Bertz CT molecular complexity index is 1820. The number of hydrogen-bond acceptors (Lipinski definition) is 7. The van der Waals surface area contributed by atoms with Crippen LogP contribution in [0.5, 0.6) is 11.5 Å². The van der Waals surface area contributed by atoms with Crippen LogP contribution in [0, 0.1) is 11.6 Å². The maximum Gasteiger partial charge on any atom is 0.250 e. The second-order valence-corrected chi connectivity index (χ2v) is 9.39. The first-order valence-electron chi connectivity index (χ1n) is 11.6. The van der Waals surface area contributed by atoms with Crippen molar-refractivity contribution in [3.05, 3.63) is 76.7 Å². The van der Waals surface area contributed by atoms with Gasteiger partial charge in [0.15, 0.2) is 11.5 Å². The van der Waals surface area contributed by atoms with Crippen molar-refractivity contribution in [2.75, 3.05) is 24.9 Å². The number of aromatic nitrogens is 4. The molecule has 9 nitrogen and oxygen atoms in total.